The largest absolute Gasteiger partial charge is 0.366 e. The quantitative estimate of drug-likeness (QED) is 0.829. The summed E-state index contributed by atoms with van der Waals surface area (Å²) in [6, 6.07) is 9.43. The highest BCUT2D eigenvalue weighted by Crippen LogP contribution is 2.21. The number of nitrogens with zero attached hydrogens (tertiary/aromatic N) is 1. The summed E-state index contributed by atoms with van der Waals surface area (Å²) < 4.78 is 0. The van der Waals surface area contributed by atoms with E-state index in [1.807, 2.05) is 31.2 Å². The van der Waals surface area contributed by atoms with Crippen molar-refractivity contribution in [2.75, 3.05) is 0 Å². The molecule has 0 saturated heterocycles. The van der Waals surface area contributed by atoms with Crippen molar-refractivity contribution in [3.05, 3.63) is 53.9 Å². The van der Waals surface area contributed by atoms with Crippen molar-refractivity contribution in [1.29, 1.82) is 0 Å². The molecule has 1 heterocycles. The van der Waals surface area contributed by atoms with Gasteiger partial charge in [-0.25, -0.2) is 0 Å². The number of hydrogen-bond acceptors (Lipinski definition) is 2. The Kier molecular flexibility index (Phi) is 2.68. The van der Waals surface area contributed by atoms with Crippen LogP contribution in [0.2, 0.25) is 0 Å². The fourth-order valence-corrected chi connectivity index (χ4v) is 1.65. The number of aryl methyl sites for hydroxylation is 1. The molecule has 0 radical (unpaired) electrons. The van der Waals surface area contributed by atoms with Crippen molar-refractivity contribution in [1.82, 2.24) is 4.98 Å². The van der Waals surface area contributed by atoms with Gasteiger partial charge in [0.15, 0.2) is 0 Å². The zero-order valence-electron chi connectivity index (χ0n) is 8.97. The molecule has 1 amide bonds. The number of pyridine rings is 1. The molecule has 0 aliphatic rings. The molecule has 3 nitrogen and oxygen atoms in total. The Morgan fingerprint density at radius 2 is 2.06 bits per heavy atom. The van der Waals surface area contributed by atoms with E-state index in [0.717, 1.165) is 16.7 Å². The molecule has 0 spiro atoms. The van der Waals surface area contributed by atoms with Gasteiger partial charge in [-0.2, -0.15) is 0 Å². The number of carbonyl (C=O) groups excluding carboxylic acids is 1. The van der Waals surface area contributed by atoms with E-state index in [9.17, 15) is 4.79 Å². The molecule has 0 aliphatic heterocycles. The van der Waals surface area contributed by atoms with Gasteiger partial charge < -0.3 is 5.73 Å². The highest BCUT2D eigenvalue weighted by atomic mass is 16.1. The normalized spacial score (nSPS) is 10.1. The molecule has 2 rings (SSSR count). The lowest BCUT2D eigenvalue weighted by molar-refractivity contribution is 0.1000. The molecule has 2 N–H and O–H groups in total. The number of aromatic nitrogens is 1. The van der Waals surface area contributed by atoms with Crippen molar-refractivity contribution in [2.45, 2.75) is 6.92 Å². The summed E-state index contributed by atoms with van der Waals surface area (Å²) in [6.07, 6.45) is 3.52. The van der Waals surface area contributed by atoms with Gasteiger partial charge in [0.05, 0.1) is 0 Å². The number of carbonyl (C=O) groups is 1. The minimum absolute atomic E-state index is 0.393. The van der Waals surface area contributed by atoms with Crippen LogP contribution in [0.3, 0.4) is 0 Å². The Labute approximate surface area is 93.9 Å². The Bertz CT molecular complexity index is 521. The minimum Gasteiger partial charge on any atom is -0.366 e. The van der Waals surface area contributed by atoms with Gasteiger partial charge in [0.2, 0.25) is 5.91 Å². The average molecular weight is 212 g/mol. The summed E-state index contributed by atoms with van der Waals surface area (Å²) in [6.45, 7) is 1.87. The summed E-state index contributed by atoms with van der Waals surface area (Å²) in [5.74, 6) is -0.393. The number of benzene rings is 1. The van der Waals surface area contributed by atoms with E-state index in [1.165, 1.54) is 0 Å². The van der Waals surface area contributed by atoms with Gasteiger partial charge in [-0.3, -0.25) is 9.78 Å². The monoisotopic (exact) mass is 212 g/mol. The average Bonchev–Trinajstić information content (AvgIpc) is 2.29. The van der Waals surface area contributed by atoms with Crippen LogP contribution in [0, 0.1) is 6.92 Å². The van der Waals surface area contributed by atoms with Gasteiger partial charge in [0.25, 0.3) is 0 Å². The molecule has 0 saturated carbocycles. The van der Waals surface area contributed by atoms with Crippen LogP contribution in [0.5, 0.6) is 0 Å². The summed E-state index contributed by atoms with van der Waals surface area (Å²) in [7, 11) is 0. The molecule has 0 atom stereocenters. The Balaban J connectivity index is 2.46. The molecule has 0 unspecified atom stereocenters. The van der Waals surface area contributed by atoms with Crippen LogP contribution in [-0.2, 0) is 0 Å². The highest BCUT2D eigenvalue weighted by Gasteiger charge is 2.06. The molecule has 1 aromatic carbocycles. The topological polar surface area (TPSA) is 56.0 Å². The Morgan fingerprint density at radius 3 is 2.62 bits per heavy atom. The molecular weight excluding hydrogens is 200 g/mol. The van der Waals surface area contributed by atoms with Gasteiger partial charge in [-0.1, -0.05) is 18.2 Å². The van der Waals surface area contributed by atoms with E-state index in [4.69, 9.17) is 5.73 Å². The smallest absolute Gasteiger partial charge is 0.248 e. The number of rotatable bonds is 2. The van der Waals surface area contributed by atoms with Crippen LogP contribution in [0.25, 0.3) is 11.1 Å². The molecule has 80 valence electrons. The van der Waals surface area contributed by atoms with Crippen LogP contribution in [0.15, 0.2) is 42.7 Å². The van der Waals surface area contributed by atoms with Crippen molar-refractivity contribution < 1.29 is 4.79 Å². The SMILES string of the molecule is Cc1cc(-c2cccnc2)ccc1C(N)=O. The number of amides is 1. The van der Waals surface area contributed by atoms with Crippen LogP contribution >= 0.6 is 0 Å². The lowest BCUT2D eigenvalue weighted by atomic mass is 10.0. The minimum atomic E-state index is -0.393. The lowest BCUT2D eigenvalue weighted by Gasteiger charge is -2.05. The van der Waals surface area contributed by atoms with Crippen molar-refractivity contribution in [2.24, 2.45) is 5.73 Å². The predicted molar refractivity (Wildman–Crippen MR) is 62.9 cm³/mol. The first-order valence-corrected chi connectivity index (χ1v) is 4.99. The molecule has 0 fully saturated rings. The summed E-state index contributed by atoms with van der Waals surface area (Å²) in [4.78, 5) is 15.1. The van der Waals surface area contributed by atoms with Gasteiger partial charge in [-0.05, 0) is 35.7 Å². The molecular formula is C13H12N2O. The fourth-order valence-electron chi connectivity index (χ4n) is 1.65. The van der Waals surface area contributed by atoms with Gasteiger partial charge in [-0.15, -0.1) is 0 Å². The maximum absolute atomic E-state index is 11.1. The van der Waals surface area contributed by atoms with Crippen LogP contribution in [0.1, 0.15) is 15.9 Å². The van der Waals surface area contributed by atoms with E-state index in [-0.39, 0.29) is 0 Å². The predicted octanol–water partition coefficient (Wildman–Crippen LogP) is 2.16. The maximum Gasteiger partial charge on any atom is 0.248 e. The number of nitrogens with two attached hydrogens (primary N) is 1. The summed E-state index contributed by atoms with van der Waals surface area (Å²) >= 11 is 0. The van der Waals surface area contributed by atoms with Crippen LogP contribution in [-0.4, -0.2) is 10.9 Å². The first kappa shape index (κ1) is 10.4. The van der Waals surface area contributed by atoms with Crippen LogP contribution in [0.4, 0.5) is 0 Å². The summed E-state index contributed by atoms with van der Waals surface area (Å²) in [5, 5.41) is 0. The van der Waals surface area contributed by atoms with Crippen molar-refractivity contribution in [3.8, 4) is 11.1 Å². The second kappa shape index (κ2) is 4.14. The third-order valence-corrected chi connectivity index (χ3v) is 2.49. The molecule has 0 aliphatic carbocycles. The van der Waals surface area contributed by atoms with Crippen molar-refractivity contribution in [3.63, 3.8) is 0 Å². The maximum atomic E-state index is 11.1. The third-order valence-electron chi connectivity index (χ3n) is 2.49. The summed E-state index contributed by atoms with van der Waals surface area (Å²) in [5.41, 5.74) is 8.76. The molecule has 2 aromatic rings. The number of primary amides is 1. The molecule has 3 heteroatoms. The first-order chi connectivity index (χ1) is 7.68. The van der Waals surface area contributed by atoms with E-state index < -0.39 is 5.91 Å². The zero-order valence-corrected chi connectivity index (χ0v) is 8.97. The molecule has 16 heavy (non-hydrogen) atoms. The van der Waals surface area contributed by atoms with Gasteiger partial charge in [0.1, 0.15) is 0 Å². The van der Waals surface area contributed by atoms with E-state index >= 15 is 0 Å². The van der Waals surface area contributed by atoms with Crippen LogP contribution < -0.4 is 5.73 Å². The van der Waals surface area contributed by atoms with E-state index in [1.54, 1.807) is 18.5 Å². The second-order valence-electron chi connectivity index (χ2n) is 3.64. The van der Waals surface area contributed by atoms with E-state index in [2.05, 4.69) is 4.98 Å². The van der Waals surface area contributed by atoms with Gasteiger partial charge in [0, 0.05) is 18.0 Å². The first-order valence-electron chi connectivity index (χ1n) is 4.99. The third kappa shape index (κ3) is 1.93. The fraction of sp³-hybridized carbons (Fsp3) is 0.0769. The second-order valence-corrected chi connectivity index (χ2v) is 3.64. The standard InChI is InChI=1S/C13H12N2O/c1-9-7-10(4-5-12(9)13(14)16)11-3-2-6-15-8-11/h2-8H,1H3,(H2,14,16). The molecule has 1 aromatic heterocycles. The Hall–Kier alpha value is -2.16. The van der Waals surface area contributed by atoms with E-state index in [0.29, 0.717) is 5.56 Å². The lowest BCUT2D eigenvalue weighted by Crippen LogP contribution is -2.12. The Morgan fingerprint density at radius 1 is 1.25 bits per heavy atom. The number of hydrogen-bond donors (Lipinski definition) is 1. The zero-order chi connectivity index (χ0) is 11.5. The van der Waals surface area contributed by atoms with Crippen molar-refractivity contribution >= 4 is 5.91 Å². The molecule has 0 bridgehead atoms. The highest BCUT2D eigenvalue weighted by molar-refractivity contribution is 5.94. The van der Waals surface area contributed by atoms with Gasteiger partial charge >= 0.3 is 0 Å².